The molecule has 0 heterocycles. The standard InChI is InChI=1S/C7H16N2O2/c1-4(2)6(5(3)8)7(10)9-11/h4-6,11H,8H2,1-3H3,(H,9,10). The Labute approximate surface area is 66.7 Å². The fourth-order valence-corrected chi connectivity index (χ4v) is 1.22. The maximum absolute atomic E-state index is 11.0. The van der Waals surface area contributed by atoms with Gasteiger partial charge in [-0.1, -0.05) is 13.8 Å². The van der Waals surface area contributed by atoms with Crippen LogP contribution >= 0.6 is 0 Å². The van der Waals surface area contributed by atoms with Crippen molar-refractivity contribution in [2.75, 3.05) is 0 Å². The van der Waals surface area contributed by atoms with E-state index in [9.17, 15) is 4.79 Å². The van der Waals surface area contributed by atoms with E-state index in [0.29, 0.717) is 0 Å². The minimum absolute atomic E-state index is 0.141. The Bertz CT molecular complexity index is 126. The molecule has 0 saturated carbocycles. The first-order valence-electron chi connectivity index (χ1n) is 3.70. The van der Waals surface area contributed by atoms with Gasteiger partial charge in [-0.15, -0.1) is 0 Å². The average molecular weight is 160 g/mol. The molecule has 0 aliphatic heterocycles. The van der Waals surface area contributed by atoms with Gasteiger partial charge in [0.15, 0.2) is 0 Å². The van der Waals surface area contributed by atoms with Crippen molar-refractivity contribution in [3.05, 3.63) is 0 Å². The Morgan fingerprint density at radius 3 is 2.00 bits per heavy atom. The molecule has 0 saturated heterocycles. The fourth-order valence-electron chi connectivity index (χ4n) is 1.22. The monoisotopic (exact) mass is 160 g/mol. The first kappa shape index (κ1) is 10.4. The molecular formula is C7H16N2O2. The van der Waals surface area contributed by atoms with Gasteiger partial charge in [0.2, 0.25) is 5.91 Å². The molecule has 0 aromatic rings. The van der Waals surface area contributed by atoms with Gasteiger partial charge >= 0.3 is 0 Å². The number of nitrogens with two attached hydrogens (primary N) is 1. The van der Waals surface area contributed by atoms with Crippen molar-refractivity contribution in [1.29, 1.82) is 0 Å². The maximum Gasteiger partial charge on any atom is 0.248 e. The lowest BCUT2D eigenvalue weighted by atomic mass is 9.89. The van der Waals surface area contributed by atoms with E-state index in [-0.39, 0.29) is 17.9 Å². The van der Waals surface area contributed by atoms with E-state index in [2.05, 4.69) is 0 Å². The summed E-state index contributed by atoms with van der Waals surface area (Å²) in [4.78, 5) is 11.0. The molecule has 66 valence electrons. The van der Waals surface area contributed by atoms with Crippen molar-refractivity contribution < 1.29 is 10.0 Å². The molecule has 0 bridgehead atoms. The third-order valence-electron chi connectivity index (χ3n) is 1.70. The molecule has 0 radical (unpaired) electrons. The fraction of sp³-hybridized carbons (Fsp3) is 0.857. The lowest BCUT2D eigenvalue weighted by Crippen LogP contribution is -2.42. The number of nitrogens with one attached hydrogen (secondary N) is 1. The molecule has 0 aliphatic rings. The predicted octanol–water partition coefficient (Wildman–Crippen LogP) is 0.111. The molecule has 4 heteroatoms. The minimum Gasteiger partial charge on any atom is -0.327 e. The van der Waals surface area contributed by atoms with E-state index in [0.717, 1.165) is 0 Å². The Morgan fingerprint density at radius 2 is 1.91 bits per heavy atom. The van der Waals surface area contributed by atoms with Gasteiger partial charge in [0.25, 0.3) is 0 Å². The van der Waals surface area contributed by atoms with Crippen LogP contribution in [-0.4, -0.2) is 17.2 Å². The van der Waals surface area contributed by atoms with Crippen LogP contribution in [0.3, 0.4) is 0 Å². The summed E-state index contributed by atoms with van der Waals surface area (Å²) < 4.78 is 0. The molecule has 0 fully saturated rings. The summed E-state index contributed by atoms with van der Waals surface area (Å²) in [7, 11) is 0. The molecule has 1 amide bonds. The minimum atomic E-state index is -0.407. The summed E-state index contributed by atoms with van der Waals surface area (Å²) in [6.07, 6.45) is 0. The molecule has 0 aromatic heterocycles. The lowest BCUT2D eigenvalue weighted by molar-refractivity contribution is -0.135. The second-order valence-corrected chi connectivity index (χ2v) is 3.10. The van der Waals surface area contributed by atoms with Crippen molar-refractivity contribution in [3.8, 4) is 0 Å². The molecule has 0 spiro atoms. The second kappa shape index (κ2) is 4.31. The van der Waals surface area contributed by atoms with Gasteiger partial charge in [-0.05, 0) is 12.8 Å². The molecule has 4 nitrogen and oxygen atoms in total. The lowest BCUT2D eigenvalue weighted by Gasteiger charge is -2.21. The summed E-state index contributed by atoms with van der Waals surface area (Å²) in [5.41, 5.74) is 7.15. The van der Waals surface area contributed by atoms with Gasteiger partial charge in [0, 0.05) is 6.04 Å². The Kier molecular flexibility index (Phi) is 4.07. The van der Waals surface area contributed by atoms with Gasteiger partial charge in [0.1, 0.15) is 0 Å². The van der Waals surface area contributed by atoms with Crippen molar-refractivity contribution in [2.45, 2.75) is 26.8 Å². The zero-order valence-electron chi connectivity index (χ0n) is 7.16. The van der Waals surface area contributed by atoms with Crippen LogP contribution in [0.2, 0.25) is 0 Å². The normalized spacial score (nSPS) is 16.2. The van der Waals surface area contributed by atoms with E-state index in [1.165, 1.54) is 0 Å². The van der Waals surface area contributed by atoms with E-state index >= 15 is 0 Å². The van der Waals surface area contributed by atoms with Crippen LogP contribution in [0.4, 0.5) is 0 Å². The molecule has 2 unspecified atom stereocenters. The third-order valence-corrected chi connectivity index (χ3v) is 1.70. The smallest absolute Gasteiger partial charge is 0.248 e. The second-order valence-electron chi connectivity index (χ2n) is 3.10. The number of amides is 1. The number of hydrogen-bond acceptors (Lipinski definition) is 3. The number of rotatable bonds is 3. The third kappa shape index (κ3) is 2.86. The molecule has 0 aromatic carbocycles. The van der Waals surface area contributed by atoms with Crippen molar-refractivity contribution in [1.82, 2.24) is 5.48 Å². The summed E-state index contributed by atoms with van der Waals surface area (Å²) in [6, 6.07) is -0.234. The van der Waals surface area contributed by atoms with E-state index in [1.54, 1.807) is 12.4 Å². The highest BCUT2D eigenvalue weighted by atomic mass is 16.5. The first-order valence-corrected chi connectivity index (χ1v) is 3.70. The SMILES string of the molecule is CC(C)C(C(=O)NO)C(C)N. The van der Waals surface area contributed by atoms with Crippen LogP contribution in [-0.2, 0) is 4.79 Å². The van der Waals surface area contributed by atoms with E-state index in [1.807, 2.05) is 13.8 Å². The topological polar surface area (TPSA) is 75.3 Å². The van der Waals surface area contributed by atoms with Gasteiger partial charge in [-0.3, -0.25) is 10.0 Å². The van der Waals surface area contributed by atoms with Crippen LogP contribution in [0.1, 0.15) is 20.8 Å². The number of carbonyl (C=O) groups is 1. The molecule has 0 rings (SSSR count). The summed E-state index contributed by atoms with van der Waals surface area (Å²) in [5.74, 6) is -0.586. The summed E-state index contributed by atoms with van der Waals surface area (Å²) in [6.45, 7) is 5.53. The first-order chi connectivity index (χ1) is 5.00. The maximum atomic E-state index is 11.0. The molecular weight excluding hydrogens is 144 g/mol. The zero-order valence-corrected chi connectivity index (χ0v) is 7.16. The molecule has 4 N–H and O–H groups in total. The highest BCUT2D eigenvalue weighted by Gasteiger charge is 2.25. The van der Waals surface area contributed by atoms with Gasteiger partial charge in [0.05, 0.1) is 5.92 Å². The number of hydroxylamine groups is 1. The highest BCUT2D eigenvalue weighted by Crippen LogP contribution is 2.13. The summed E-state index contributed by atoms with van der Waals surface area (Å²) in [5, 5.41) is 8.35. The van der Waals surface area contributed by atoms with Crippen LogP contribution in [0.5, 0.6) is 0 Å². The highest BCUT2D eigenvalue weighted by molar-refractivity contribution is 5.78. The Morgan fingerprint density at radius 1 is 1.45 bits per heavy atom. The van der Waals surface area contributed by atoms with Gasteiger partial charge in [-0.25, -0.2) is 5.48 Å². The van der Waals surface area contributed by atoms with Crippen LogP contribution in [0.25, 0.3) is 0 Å². The largest absolute Gasteiger partial charge is 0.327 e. The van der Waals surface area contributed by atoms with Gasteiger partial charge < -0.3 is 5.73 Å². The zero-order chi connectivity index (χ0) is 9.02. The average Bonchev–Trinajstić information content (AvgIpc) is 1.85. The Balaban J connectivity index is 4.22. The van der Waals surface area contributed by atoms with Gasteiger partial charge in [-0.2, -0.15) is 0 Å². The quantitative estimate of drug-likeness (QED) is 0.405. The molecule has 0 aliphatic carbocycles. The molecule has 11 heavy (non-hydrogen) atoms. The van der Waals surface area contributed by atoms with E-state index in [4.69, 9.17) is 10.9 Å². The van der Waals surface area contributed by atoms with Crippen LogP contribution in [0, 0.1) is 11.8 Å². The Hall–Kier alpha value is -0.610. The van der Waals surface area contributed by atoms with Crippen LogP contribution < -0.4 is 11.2 Å². The predicted molar refractivity (Wildman–Crippen MR) is 41.9 cm³/mol. The van der Waals surface area contributed by atoms with Crippen molar-refractivity contribution in [2.24, 2.45) is 17.6 Å². The van der Waals surface area contributed by atoms with E-state index < -0.39 is 5.91 Å². The van der Waals surface area contributed by atoms with Crippen LogP contribution in [0.15, 0.2) is 0 Å². The van der Waals surface area contributed by atoms with Crippen molar-refractivity contribution >= 4 is 5.91 Å². The molecule has 2 atom stereocenters. The van der Waals surface area contributed by atoms with Crippen molar-refractivity contribution in [3.63, 3.8) is 0 Å². The number of hydrogen-bond donors (Lipinski definition) is 3. The summed E-state index contributed by atoms with van der Waals surface area (Å²) >= 11 is 0. The number of carbonyl (C=O) groups excluding carboxylic acids is 1.